The van der Waals surface area contributed by atoms with E-state index in [1.807, 2.05) is 43.3 Å². The first-order valence-corrected chi connectivity index (χ1v) is 8.52. The van der Waals surface area contributed by atoms with E-state index >= 15 is 0 Å². The summed E-state index contributed by atoms with van der Waals surface area (Å²) in [6, 6.07) is 15.8. The monoisotopic (exact) mass is 333 g/mol. The van der Waals surface area contributed by atoms with Crippen LogP contribution in [0.15, 0.2) is 48.5 Å². The topological polar surface area (TPSA) is 57.6 Å². The second-order valence-electron chi connectivity index (χ2n) is 6.78. The van der Waals surface area contributed by atoms with Crippen LogP contribution < -0.4 is 0 Å². The summed E-state index contributed by atoms with van der Waals surface area (Å²) in [5.74, 6) is -0.399. The van der Waals surface area contributed by atoms with E-state index in [9.17, 15) is 9.59 Å². The summed E-state index contributed by atoms with van der Waals surface area (Å²) < 4.78 is 0. The zero-order valence-corrected chi connectivity index (χ0v) is 14.0. The maximum atomic E-state index is 12.7. The van der Waals surface area contributed by atoms with Crippen LogP contribution in [0.1, 0.15) is 34.1 Å². The van der Waals surface area contributed by atoms with Gasteiger partial charge in [0.1, 0.15) is 0 Å². The van der Waals surface area contributed by atoms with Gasteiger partial charge < -0.3 is 5.11 Å². The van der Waals surface area contributed by atoms with E-state index < -0.39 is 0 Å². The number of nitrogens with zero attached hydrogens (tertiary/aromatic N) is 1. The molecule has 3 aromatic carbocycles. The summed E-state index contributed by atoms with van der Waals surface area (Å²) in [7, 11) is 0. The summed E-state index contributed by atoms with van der Waals surface area (Å²) in [5, 5.41) is 13.2. The molecule has 1 atom stereocenters. The summed E-state index contributed by atoms with van der Waals surface area (Å²) in [6.07, 6.45) is 0.570. The standard InChI is InChI=1S/C21H19NO3/c1-13(6-7-23)12-22-20(24)18-10-16-8-14-4-2-3-5-15(14)9-17(16)11-19(18)21(22)25/h2-5,8-11,13,23H,6-7,12H2,1H3/t13-/m0/s1. The number of aliphatic hydroxyl groups is 1. The Labute approximate surface area is 145 Å². The van der Waals surface area contributed by atoms with Crippen molar-refractivity contribution in [3.63, 3.8) is 0 Å². The van der Waals surface area contributed by atoms with Gasteiger partial charge in [0.05, 0.1) is 11.1 Å². The number of fused-ring (bicyclic) bond motifs is 3. The van der Waals surface area contributed by atoms with E-state index in [-0.39, 0.29) is 24.3 Å². The molecule has 1 N–H and O–H groups in total. The number of aliphatic hydroxyl groups excluding tert-OH is 1. The summed E-state index contributed by atoms with van der Waals surface area (Å²) in [6.45, 7) is 2.33. The third kappa shape index (κ3) is 2.59. The highest BCUT2D eigenvalue weighted by atomic mass is 16.3. The van der Waals surface area contributed by atoms with Crippen molar-refractivity contribution in [3.8, 4) is 0 Å². The quantitative estimate of drug-likeness (QED) is 0.586. The predicted octanol–water partition coefficient (Wildman–Crippen LogP) is 3.61. The summed E-state index contributed by atoms with van der Waals surface area (Å²) in [5.41, 5.74) is 0.952. The first kappa shape index (κ1) is 15.8. The van der Waals surface area contributed by atoms with Gasteiger partial charge in [-0.15, -0.1) is 0 Å². The van der Waals surface area contributed by atoms with Gasteiger partial charge in [-0.1, -0.05) is 31.2 Å². The first-order chi connectivity index (χ1) is 12.1. The van der Waals surface area contributed by atoms with Crippen molar-refractivity contribution in [1.29, 1.82) is 0 Å². The second kappa shape index (κ2) is 5.97. The summed E-state index contributed by atoms with van der Waals surface area (Å²) in [4.78, 5) is 26.7. The molecule has 0 aliphatic carbocycles. The van der Waals surface area contributed by atoms with Gasteiger partial charge in [0, 0.05) is 13.2 Å². The largest absolute Gasteiger partial charge is 0.396 e. The molecular formula is C21H19NO3. The number of imide groups is 1. The number of rotatable bonds is 4. The van der Waals surface area contributed by atoms with Crippen LogP contribution in [0.3, 0.4) is 0 Å². The molecule has 3 aromatic rings. The molecule has 2 amide bonds. The van der Waals surface area contributed by atoms with Crippen molar-refractivity contribution in [2.75, 3.05) is 13.2 Å². The minimum atomic E-state index is -0.236. The second-order valence-corrected chi connectivity index (χ2v) is 6.78. The Morgan fingerprint density at radius 1 is 0.880 bits per heavy atom. The van der Waals surface area contributed by atoms with Gasteiger partial charge in [-0.05, 0) is 58.1 Å². The highest BCUT2D eigenvalue weighted by molar-refractivity contribution is 6.23. The third-order valence-electron chi connectivity index (χ3n) is 4.91. The van der Waals surface area contributed by atoms with E-state index in [0.29, 0.717) is 24.1 Å². The average Bonchev–Trinajstić information content (AvgIpc) is 2.83. The molecule has 0 spiro atoms. The van der Waals surface area contributed by atoms with Crippen molar-refractivity contribution in [1.82, 2.24) is 4.90 Å². The molecule has 0 saturated carbocycles. The van der Waals surface area contributed by atoms with Crippen LogP contribution in [-0.2, 0) is 0 Å². The SMILES string of the molecule is C[C@@H](CCO)CN1C(=O)c2cc3cc4ccccc4cc3cc2C1=O. The van der Waals surface area contributed by atoms with Crippen molar-refractivity contribution in [2.24, 2.45) is 5.92 Å². The molecule has 0 fully saturated rings. The normalized spacial score (nSPS) is 15.2. The lowest BCUT2D eigenvalue weighted by atomic mass is 9.99. The Hall–Kier alpha value is -2.72. The smallest absolute Gasteiger partial charge is 0.261 e. The summed E-state index contributed by atoms with van der Waals surface area (Å²) >= 11 is 0. The number of amides is 2. The van der Waals surface area contributed by atoms with Crippen LogP contribution in [0.25, 0.3) is 21.5 Å². The molecule has 126 valence electrons. The van der Waals surface area contributed by atoms with Crippen LogP contribution in [0.4, 0.5) is 0 Å². The average molecular weight is 333 g/mol. The van der Waals surface area contributed by atoms with Crippen LogP contribution in [-0.4, -0.2) is 35.0 Å². The molecule has 0 bridgehead atoms. The number of carbonyl (C=O) groups is 2. The Bertz CT molecular complexity index is 935. The van der Waals surface area contributed by atoms with Crippen molar-refractivity contribution < 1.29 is 14.7 Å². The number of benzene rings is 3. The lowest BCUT2D eigenvalue weighted by molar-refractivity contribution is 0.0624. The Morgan fingerprint density at radius 3 is 1.88 bits per heavy atom. The molecule has 1 aliphatic heterocycles. The fourth-order valence-corrected chi connectivity index (χ4v) is 3.52. The van der Waals surface area contributed by atoms with Gasteiger partial charge in [-0.3, -0.25) is 14.5 Å². The van der Waals surface area contributed by atoms with Gasteiger partial charge in [0.15, 0.2) is 0 Å². The fourth-order valence-electron chi connectivity index (χ4n) is 3.52. The minimum Gasteiger partial charge on any atom is -0.396 e. The lowest BCUT2D eigenvalue weighted by Gasteiger charge is -2.18. The molecule has 0 aromatic heterocycles. The molecule has 4 rings (SSSR count). The predicted molar refractivity (Wildman–Crippen MR) is 97.7 cm³/mol. The molecular weight excluding hydrogens is 314 g/mol. The highest BCUT2D eigenvalue weighted by Gasteiger charge is 2.36. The molecule has 25 heavy (non-hydrogen) atoms. The Balaban J connectivity index is 1.79. The molecule has 0 saturated heterocycles. The van der Waals surface area contributed by atoms with Gasteiger partial charge in [0.25, 0.3) is 11.8 Å². The van der Waals surface area contributed by atoms with Gasteiger partial charge in [0.2, 0.25) is 0 Å². The van der Waals surface area contributed by atoms with Crippen molar-refractivity contribution in [2.45, 2.75) is 13.3 Å². The lowest BCUT2D eigenvalue weighted by Crippen LogP contribution is -2.34. The molecule has 4 heteroatoms. The fraction of sp³-hybridized carbons (Fsp3) is 0.238. The third-order valence-corrected chi connectivity index (χ3v) is 4.91. The first-order valence-electron chi connectivity index (χ1n) is 8.52. The van der Waals surface area contributed by atoms with Crippen LogP contribution in [0.2, 0.25) is 0 Å². The van der Waals surface area contributed by atoms with E-state index in [2.05, 4.69) is 12.1 Å². The number of hydrogen-bond acceptors (Lipinski definition) is 3. The molecule has 0 unspecified atom stereocenters. The van der Waals surface area contributed by atoms with Crippen LogP contribution in [0, 0.1) is 5.92 Å². The van der Waals surface area contributed by atoms with E-state index in [4.69, 9.17) is 5.11 Å². The molecule has 4 nitrogen and oxygen atoms in total. The van der Waals surface area contributed by atoms with Gasteiger partial charge >= 0.3 is 0 Å². The zero-order valence-electron chi connectivity index (χ0n) is 14.0. The van der Waals surface area contributed by atoms with Crippen LogP contribution in [0.5, 0.6) is 0 Å². The Morgan fingerprint density at radius 2 is 1.40 bits per heavy atom. The molecule has 1 aliphatic rings. The van der Waals surface area contributed by atoms with E-state index in [1.54, 1.807) is 0 Å². The van der Waals surface area contributed by atoms with Crippen molar-refractivity contribution >= 4 is 33.4 Å². The molecule has 0 radical (unpaired) electrons. The maximum absolute atomic E-state index is 12.7. The highest BCUT2D eigenvalue weighted by Crippen LogP contribution is 2.31. The zero-order chi connectivity index (χ0) is 17.6. The van der Waals surface area contributed by atoms with E-state index in [0.717, 1.165) is 21.5 Å². The maximum Gasteiger partial charge on any atom is 0.261 e. The number of hydrogen-bond donors (Lipinski definition) is 1. The van der Waals surface area contributed by atoms with Gasteiger partial charge in [-0.2, -0.15) is 0 Å². The van der Waals surface area contributed by atoms with Crippen LogP contribution >= 0.6 is 0 Å². The van der Waals surface area contributed by atoms with E-state index in [1.165, 1.54) is 4.90 Å². The van der Waals surface area contributed by atoms with Gasteiger partial charge in [-0.25, -0.2) is 0 Å². The molecule has 1 heterocycles. The van der Waals surface area contributed by atoms with Crippen molar-refractivity contribution in [3.05, 3.63) is 59.7 Å². The minimum absolute atomic E-state index is 0.0564. The Kier molecular flexibility index (Phi) is 3.77. The number of carbonyl (C=O) groups excluding carboxylic acids is 2.